The molecule has 0 aromatic heterocycles. The SMILES string of the molecule is CCCCCCCC1CCC(C(F)CCOc2ccc(C(=O)Oc3ccc(OCC)c(F)c3F)cc2F)CC1. The molecule has 4 nitrogen and oxygen atoms in total. The molecule has 39 heavy (non-hydrogen) atoms. The molecule has 1 unspecified atom stereocenters. The van der Waals surface area contributed by atoms with Crippen molar-refractivity contribution in [1.29, 1.82) is 0 Å². The van der Waals surface area contributed by atoms with Crippen LogP contribution in [-0.4, -0.2) is 25.4 Å². The van der Waals surface area contributed by atoms with E-state index in [1.807, 2.05) is 0 Å². The number of carbonyl (C=O) groups is 1. The Kier molecular flexibility index (Phi) is 12.4. The maximum absolute atomic E-state index is 14.8. The molecule has 0 heterocycles. The maximum atomic E-state index is 14.8. The van der Waals surface area contributed by atoms with Crippen molar-refractivity contribution >= 4 is 5.97 Å². The monoisotopic (exact) mass is 552 g/mol. The second-order valence-corrected chi connectivity index (χ2v) is 10.3. The van der Waals surface area contributed by atoms with Crippen molar-refractivity contribution in [1.82, 2.24) is 0 Å². The topological polar surface area (TPSA) is 44.8 Å². The van der Waals surface area contributed by atoms with Crippen LogP contribution in [0.4, 0.5) is 17.6 Å². The van der Waals surface area contributed by atoms with E-state index in [1.54, 1.807) is 6.92 Å². The number of benzene rings is 2. The Morgan fingerprint density at radius 2 is 1.54 bits per heavy atom. The first-order valence-electron chi connectivity index (χ1n) is 14.2. The standard InChI is InChI=1S/C31H40F4O4/c1-3-5-6-7-8-9-21-10-12-22(13-11-21)24(32)18-19-38-26-15-14-23(20-25(26)33)31(36)39-28-17-16-27(37-4-2)29(34)30(28)35/h14-17,20-22,24H,3-13,18-19H2,1-2H3. The van der Waals surface area contributed by atoms with E-state index < -0.39 is 35.3 Å². The third-order valence-corrected chi connectivity index (χ3v) is 7.45. The molecule has 1 aliphatic rings. The van der Waals surface area contributed by atoms with E-state index >= 15 is 0 Å². The molecule has 0 saturated heterocycles. The Hall–Kier alpha value is -2.77. The number of hydrogen-bond acceptors (Lipinski definition) is 4. The van der Waals surface area contributed by atoms with Crippen molar-refractivity contribution in [2.24, 2.45) is 11.8 Å². The van der Waals surface area contributed by atoms with Crippen LogP contribution in [0.2, 0.25) is 0 Å². The lowest BCUT2D eigenvalue weighted by Crippen LogP contribution is -2.24. The van der Waals surface area contributed by atoms with Crippen molar-refractivity contribution in [3.63, 3.8) is 0 Å². The minimum Gasteiger partial charge on any atom is -0.491 e. The molecule has 1 saturated carbocycles. The summed E-state index contributed by atoms with van der Waals surface area (Å²) < 4.78 is 72.9. The van der Waals surface area contributed by atoms with Crippen LogP contribution in [0.1, 0.15) is 94.8 Å². The van der Waals surface area contributed by atoms with Crippen LogP contribution >= 0.6 is 0 Å². The van der Waals surface area contributed by atoms with Crippen LogP contribution in [0.25, 0.3) is 0 Å². The number of halogens is 4. The fourth-order valence-corrected chi connectivity index (χ4v) is 5.16. The van der Waals surface area contributed by atoms with Crippen LogP contribution in [0.5, 0.6) is 17.2 Å². The van der Waals surface area contributed by atoms with Gasteiger partial charge in [0.15, 0.2) is 23.1 Å². The number of alkyl halides is 1. The van der Waals surface area contributed by atoms with Crippen molar-refractivity contribution in [2.45, 2.75) is 90.6 Å². The predicted molar refractivity (Wildman–Crippen MR) is 143 cm³/mol. The van der Waals surface area contributed by atoms with Crippen molar-refractivity contribution in [2.75, 3.05) is 13.2 Å². The van der Waals surface area contributed by atoms with E-state index in [1.165, 1.54) is 50.7 Å². The fourth-order valence-electron chi connectivity index (χ4n) is 5.16. The number of rotatable bonds is 15. The predicted octanol–water partition coefficient (Wildman–Crippen LogP) is 9.00. The minimum atomic E-state index is -1.38. The second-order valence-electron chi connectivity index (χ2n) is 10.3. The second kappa shape index (κ2) is 15.7. The van der Waals surface area contributed by atoms with Gasteiger partial charge in [0, 0.05) is 6.42 Å². The lowest BCUT2D eigenvalue weighted by Gasteiger charge is -2.30. The van der Waals surface area contributed by atoms with Crippen molar-refractivity contribution < 1.29 is 36.6 Å². The van der Waals surface area contributed by atoms with Gasteiger partial charge in [0.25, 0.3) is 0 Å². The molecule has 2 aromatic carbocycles. The summed E-state index contributed by atoms with van der Waals surface area (Å²) in [7, 11) is 0. The molecule has 0 aliphatic heterocycles. The number of hydrogen-bond donors (Lipinski definition) is 0. The van der Waals surface area contributed by atoms with E-state index in [0.29, 0.717) is 5.92 Å². The van der Waals surface area contributed by atoms with E-state index in [4.69, 9.17) is 14.2 Å². The van der Waals surface area contributed by atoms with E-state index in [0.717, 1.165) is 43.9 Å². The first-order chi connectivity index (χ1) is 18.8. The average Bonchev–Trinajstić information content (AvgIpc) is 2.93. The van der Waals surface area contributed by atoms with Crippen molar-refractivity contribution in [3.8, 4) is 17.2 Å². The van der Waals surface area contributed by atoms with Gasteiger partial charge >= 0.3 is 5.97 Å². The minimum absolute atomic E-state index is 0.00983. The Balaban J connectivity index is 1.42. The van der Waals surface area contributed by atoms with Gasteiger partial charge in [0.1, 0.15) is 6.17 Å². The Morgan fingerprint density at radius 1 is 0.872 bits per heavy atom. The molecule has 0 radical (unpaired) electrons. The first-order valence-corrected chi connectivity index (χ1v) is 14.2. The molecule has 216 valence electrons. The van der Waals surface area contributed by atoms with Gasteiger partial charge in [-0.15, -0.1) is 0 Å². The van der Waals surface area contributed by atoms with Crippen molar-refractivity contribution in [3.05, 3.63) is 53.3 Å². The number of unbranched alkanes of at least 4 members (excludes halogenated alkanes) is 4. The number of ether oxygens (including phenoxy) is 3. The summed E-state index contributed by atoms with van der Waals surface area (Å²) in [5.74, 6) is -4.92. The van der Waals surface area contributed by atoms with Gasteiger partial charge in [-0.25, -0.2) is 13.6 Å². The summed E-state index contributed by atoms with van der Waals surface area (Å²) in [5.41, 5.74) is -0.209. The zero-order valence-corrected chi connectivity index (χ0v) is 23.0. The van der Waals surface area contributed by atoms with Gasteiger partial charge in [-0.3, -0.25) is 0 Å². The molecule has 1 aliphatic carbocycles. The van der Waals surface area contributed by atoms with Gasteiger partial charge in [-0.2, -0.15) is 8.78 Å². The van der Waals surface area contributed by atoms with Gasteiger partial charge in [0.2, 0.25) is 11.6 Å². The molecule has 0 bridgehead atoms. The van der Waals surface area contributed by atoms with Crippen LogP contribution in [0, 0.1) is 29.3 Å². The summed E-state index contributed by atoms with van der Waals surface area (Å²) in [5, 5.41) is 0. The van der Waals surface area contributed by atoms with Gasteiger partial charge in [-0.1, -0.05) is 58.3 Å². The molecular weight excluding hydrogens is 512 g/mol. The Labute approximate surface area is 229 Å². The van der Waals surface area contributed by atoms with Crippen LogP contribution in [-0.2, 0) is 0 Å². The first kappa shape index (κ1) is 30.8. The molecule has 2 aromatic rings. The highest BCUT2D eigenvalue weighted by Gasteiger charge is 2.27. The fraction of sp³-hybridized carbons (Fsp3) is 0.581. The van der Waals surface area contributed by atoms with Crippen LogP contribution < -0.4 is 14.2 Å². The largest absolute Gasteiger partial charge is 0.491 e. The Morgan fingerprint density at radius 3 is 2.23 bits per heavy atom. The molecular formula is C31H40F4O4. The smallest absolute Gasteiger partial charge is 0.343 e. The van der Waals surface area contributed by atoms with Gasteiger partial charge in [-0.05, 0) is 61.9 Å². The van der Waals surface area contributed by atoms with E-state index in [-0.39, 0.29) is 42.6 Å². The lowest BCUT2D eigenvalue weighted by molar-refractivity contribution is 0.0725. The third-order valence-electron chi connectivity index (χ3n) is 7.45. The highest BCUT2D eigenvalue weighted by atomic mass is 19.2. The van der Waals surface area contributed by atoms with Crippen LogP contribution in [0.15, 0.2) is 30.3 Å². The van der Waals surface area contributed by atoms with Gasteiger partial charge < -0.3 is 14.2 Å². The zero-order valence-electron chi connectivity index (χ0n) is 23.0. The zero-order chi connectivity index (χ0) is 28.2. The summed E-state index contributed by atoms with van der Waals surface area (Å²) >= 11 is 0. The molecule has 0 spiro atoms. The van der Waals surface area contributed by atoms with Gasteiger partial charge in [0.05, 0.1) is 18.8 Å². The quantitative estimate of drug-likeness (QED) is 0.0957. The maximum Gasteiger partial charge on any atom is 0.343 e. The third kappa shape index (κ3) is 9.14. The molecule has 1 fully saturated rings. The molecule has 0 N–H and O–H groups in total. The molecule has 0 amide bonds. The van der Waals surface area contributed by atoms with Crippen LogP contribution in [0.3, 0.4) is 0 Å². The summed E-state index contributed by atoms with van der Waals surface area (Å²) in [6.45, 7) is 3.97. The summed E-state index contributed by atoms with van der Waals surface area (Å²) in [6, 6.07) is 5.57. The molecule has 8 heteroatoms. The summed E-state index contributed by atoms with van der Waals surface area (Å²) in [6.07, 6.45) is 10.7. The number of carbonyl (C=O) groups excluding carboxylic acids is 1. The number of esters is 1. The summed E-state index contributed by atoms with van der Waals surface area (Å²) in [4.78, 5) is 12.4. The highest BCUT2D eigenvalue weighted by molar-refractivity contribution is 5.91. The van der Waals surface area contributed by atoms with E-state index in [9.17, 15) is 22.4 Å². The normalized spacial score (nSPS) is 18.0. The Bertz CT molecular complexity index is 1050. The van der Waals surface area contributed by atoms with E-state index in [2.05, 4.69) is 6.92 Å². The highest BCUT2D eigenvalue weighted by Crippen LogP contribution is 2.36. The lowest BCUT2D eigenvalue weighted by atomic mass is 9.77. The molecule has 3 rings (SSSR count). The average molecular weight is 553 g/mol. The molecule has 1 atom stereocenters.